The van der Waals surface area contributed by atoms with Crippen molar-refractivity contribution in [3.8, 4) is 0 Å². The summed E-state index contributed by atoms with van der Waals surface area (Å²) in [6, 6.07) is 12.5. The monoisotopic (exact) mass is 203 g/mol. The summed E-state index contributed by atoms with van der Waals surface area (Å²) in [7, 11) is 0. The lowest BCUT2D eigenvalue weighted by atomic mass is 10.2. The predicted molar refractivity (Wildman–Crippen MR) is 63.6 cm³/mol. The molecule has 2 aromatic rings. The fourth-order valence-electron chi connectivity index (χ4n) is 1.40. The van der Waals surface area contributed by atoms with Crippen molar-refractivity contribution in [3.63, 3.8) is 0 Å². The third-order valence-electron chi connectivity index (χ3n) is 2.11. The molecule has 0 aliphatic heterocycles. The first kappa shape index (κ1) is 9.53. The van der Waals surface area contributed by atoms with Crippen molar-refractivity contribution in [2.24, 2.45) is 0 Å². The average Bonchev–Trinajstić information content (AvgIpc) is 2.26. The van der Waals surface area contributed by atoms with Gasteiger partial charge in [0.1, 0.15) is 0 Å². The molecule has 2 heteroatoms. The number of thioether (sulfide) groups is 1. The van der Waals surface area contributed by atoms with Crippen LogP contribution in [-0.2, 0) is 5.75 Å². The number of hydrogen-bond donors (Lipinski definition) is 0. The van der Waals surface area contributed by atoms with Crippen LogP contribution in [0, 0.1) is 0 Å². The molecule has 0 amide bonds. The highest BCUT2D eigenvalue weighted by atomic mass is 32.2. The SMILES string of the molecule is CCSCc1ccc2ccccc2n1. The number of nitrogens with zero attached hydrogens (tertiary/aromatic N) is 1. The Labute approximate surface area is 88.6 Å². The van der Waals surface area contributed by atoms with Crippen molar-refractivity contribution in [1.82, 2.24) is 4.98 Å². The van der Waals surface area contributed by atoms with Gasteiger partial charge < -0.3 is 0 Å². The molecule has 2 rings (SSSR count). The third-order valence-corrected chi connectivity index (χ3v) is 3.02. The maximum absolute atomic E-state index is 4.59. The van der Waals surface area contributed by atoms with E-state index in [9.17, 15) is 0 Å². The minimum atomic E-state index is 1.02. The number of hydrogen-bond acceptors (Lipinski definition) is 2. The van der Waals surface area contributed by atoms with Crippen LogP contribution >= 0.6 is 11.8 Å². The summed E-state index contributed by atoms with van der Waals surface area (Å²) in [4.78, 5) is 4.59. The zero-order chi connectivity index (χ0) is 9.80. The van der Waals surface area contributed by atoms with Gasteiger partial charge in [-0.25, -0.2) is 0 Å². The molecule has 1 nitrogen and oxygen atoms in total. The molecule has 0 fully saturated rings. The number of para-hydroxylation sites is 1. The first-order chi connectivity index (χ1) is 6.90. The zero-order valence-corrected chi connectivity index (χ0v) is 9.05. The lowest BCUT2D eigenvalue weighted by Gasteiger charge is -2.01. The Morgan fingerprint density at radius 3 is 2.86 bits per heavy atom. The van der Waals surface area contributed by atoms with Crippen LogP contribution in [0.15, 0.2) is 36.4 Å². The molecule has 0 aliphatic rings. The molecule has 1 heterocycles. The summed E-state index contributed by atoms with van der Waals surface area (Å²) >= 11 is 1.91. The summed E-state index contributed by atoms with van der Waals surface area (Å²) in [5.41, 5.74) is 2.28. The van der Waals surface area contributed by atoms with E-state index >= 15 is 0 Å². The van der Waals surface area contributed by atoms with Gasteiger partial charge in [0.15, 0.2) is 0 Å². The van der Waals surface area contributed by atoms with Gasteiger partial charge in [0, 0.05) is 11.1 Å². The van der Waals surface area contributed by atoms with Crippen LogP contribution in [0.5, 0.6) is 0 Å². The highest BCUT2D eigenvalue weighted by molar-refractivity contribution is 7.98. The van der Waals surface area contributed by atoms with Gasteiger partial charge in [0.05, 0.1) is 11.2 Å². The number of benzene rings is 1. The van der Waals surface area contributed by atoms with Gasteiger partial charge in [-0.3, -0.25) is 4.98 Å². The average molecular weight is 203 g/mol. The standard InChI is InChI=1S/C12H13NS/c1-2-14-9-11-8-7-10-5-3-4-6-12(10)13-11/h3-8H,2,9H2,1H3. The molecular formula is C12H13NS. The van der Waals surface area contributed by atoms with Gasteiger partial charge in [-0.15, -0.1) is 0 Å². The van der Waals surface area contributed by atoms with E-state index < -0.39 is 0 Å². The molecule has 0 radical (unpaired) electrons. The normalized spacial score (nSPS) is 10.6. The van der Waals surface area contributed by atoms with Crippen molar-refractivity contribution in [1.29, 1.82) is 0 Å². The van der Waals surface area contributed by atoms with Gasteiger partial charge in [-0.2, -0.15) is 11.8 Å². The van der Waals surface area contributed by atoms with Crippen molar-refractivity contribution >= 4 is 22.7 Å². The Kier molecular flexibility index (Phi) is 3.04. The summed E-state index contributed by atoms with van der Waals surface area (Å²) < 4.78 is 0. The molecule has 0 N–H and O–H groups in total. The van der Waals surface area contributed by atoms with E-state index in [-0.39, 0.29) is 0 Å². The van der Waals surface area contributed by atoms with Crippen molar-refractivity contribution in [2.45, 2.75) is 12.7 Å². The lowest BCUT2D eigenvalue weighted by Crippen LogP contribution is -1.87. The first-order valence-electron chi connectivity index (χ1n) is 4.82. The van der Waals surface area contributed by atoms with Crippen LogP contribution in [-0.4, -0.2) is 10.7 Å². The fourth-order valence-corrected chi connectivity index (χ4v) is 1.97. The molecule has 0 saturated heterocycles. The second-order valence-corrected chi connectivity index (χ2v) is 4.41. The van der Waals surface area contributed by atoms with Crippen LogP contribution in [0.3, 0.4) is 0 Å². The minimum Gasteiger partial charge on any atom is -0.252 e. The molecule has 72 valence electrons. The van der Waals surface area contributed by atoms with Gasteiger partial charge in [0.2, 0.25) is 0 Å². The molecular weight excluding hydrogens is 190 g/mol. The van der Waals surface area contributed by atoms with Gasteiger partial charge >= 0.3 is 0 Å². The van der Waals surface area contributed by atoms with Crippen LogP contribution in [0.1, 0.15) is 12.6 Å². The smallest absolute Gasteiger partial charge is 0.0705 e. The molecule has 0 atom stereocenters. The number of aromatic nitrogens is 1. The van der Waals surface area contributed by atoms with E-state index in [2.05, 4.69) is 36.2 Å². The van der Waals surface area contributed by atoms with Crippen molar-refractivity contribution in [2.75, 3.05) is 5.75 Å². The van der Waals surface area contributed by atoms with E-state index in [4.69, 9.17) is 0 Å². The van der Waals surface area contributed by atoms with Crippen LogP contribution < -0.4 is 0 Å². The van der Waals surface area contributed by atoms with Gasteiger partial charge in [-0.05, 0) is 17.9 Å². The molecule has 0 spiro atoms. The summed E-state index contributed by atoms with van der Waals surface area (Å²) in [6.07, 6.45) is 0. The maximum Gasteiger partial charge on any atom is 0.0705 e. The molecule has 0 aliphatic carbocycles. The molecule has 0 unspecified atom stereocenters. The number of pyridine rings is 1. The molecule has 1 aromatic carbocycles. The van der Waals surface area contributed by atoms with E-state index in [0.29, 0.717) is 0 Å². The highest BCUT2D eigenvalue weighted by Crippen LogP contribution is 2.15. The number of rotatable bonds is 3. The molecule has 0 saturated carbocycles. The van der Waals surface area contributed by atoms with Crippen LogP contribution in [0.2, 0.25) is 0 Å². The first-order valence-corrected chi connectivity index (χ1v) is 5.98. The predicted octanol–water partition coefficient (Wildman–Crippen LogP) is 3.49. The fraction of sp³-hybridized carbons (Fsp3) is 0.250. The van der Waals surface area contributed by atoms with Gasteiger partial charge in [0.25, 0.3) is 0 Å². The minimum absolute atomic E-state index is 1.02. The number of fused-ring (bicyclic) bond motifs is 1. The second-order valence-electron chi connectivity index (χ2n) is 3.13. The summed E-state index contributed by atoms with van der Waals surface area (Å²) in [6.45, 7) is 2.17. The van der Waals surface area contributed by atoms with E-state index in [0.717, 1.165) is 17.0 Å². The molecule has 1 aromatic heterocycles. The topological polar surface area (TPSA) is 12.9 Å². The highest BCUT2D eigenvalue weighted by Gasteiger charge is 1.96. The van der Waals surface area contributed by atoms with Crippen LogP contribution in [0.4, 0.5) is 0 Å². The van der Waals surface area contributed by atoms with Crippen LogP contribution in [0.25, 0.3) is 10.9 Å². The van der Waals surface area contributed by atoms with E-state index in [1.165, 1.54) is 11.1 Å². The van der Waals surface area contributed by atoms with Crippen molar-refractivity contribution in [3.05, 3.63) is 42.1 Å². The summed E-state index contributed by atoms with van der Waals surface area (Å²) in [5.74, 6) is 2.16. The Morgan fingerprint density at radius 1 is 1.14 bits per heavy atom. The Bertz CT molecular complexity index is 425. The molecule has 0 bridgehead atoms. The van der Waals surface area contributed by atoms with Gasteiger partial charge in [-0.1, -0.05) is 31.2 Å². The zero-order valence-electron chi connectivity index (χ0n) is 8.23. The Hall–Kier alpha value is -1.02. The van der Waals surface area contributed by atoms with Crippen molar-refractivity contribution < 1.29 is 0 Å². The lowest BCUT2D eigenvalue weighted by molar-refractivity contribution is 1.22. The quantitative estimate of drug-likeness (QED) is 0.757. The Morgan fingerprint density at radius 2 is 2.00 bits per heavy atom. The van der Waals surface area contributed by atoms with E-state index in [1.54, 1.807) is 0 Å². The second kappa shape index (κ2) is 4.47. The molecule has 14 heavy (non-hydrogen) atoms. The Balaban J connectivity index is 2.32. The summed E-state index contributed by atoms with van der Waals surface area (Å²) in [5, 5.41) is 1.22. The van der Waals surface area contributed by atoms with E-state index in [1.807, 2.05) is 23.9 Å². The largest absolute Gasteiger partial charge is 0.252 e. The third kappa shape index (κ3) is 2.07. The maximum atomic E-state index is 4.59.